The molecule has 1 atom stereocenters. The van der Waals surface area contributed by atoms with Crippen LogP contribution < -0.4 is 10.2 Å². The molecule has 1 fully saturated rings. The van der Waals surface area contributed by atoms with Crippen molar-refractivity contribution in [2.24, 2.45) is 0 Å². The Labute approximate surface area is 153 Å². The lowest BCUT2D eigenvalue weighted by Crippen LogP contribution is -2.34. The van der Waals surface area contributed by atoms with Crippen molar-refractivity contribution in [2.75, 3.05) is 16.8 Å². The summed E-state index contributed by atoms with van der Waals surface area (Å²) in [6, 6.07) is 6.68. The topological polar surface area (TPSA) is 75.4 Å². The van der Waals surface area contributed by atoms with Crippen LogP contribution in [0.4, 0.5) is 11.5 Å². The third-order valence-corrected chi connectivity index (χ3v) is 4.86. The fourth-order valence-electron chi connectivity index (χ4n) is 2.94. The number of aryl methyl sites for hydroxylation is 1. The zero-order valence-electron chi connectivity index (χ0n) is 13.3. The second-order valence-corrected chi connectivity index (χ2v) is 6.64. The summed E-state index contributed by atoms with van der Waals surface area (Å²) in [5, 5.41) is 8.30. The van der Waals surface area contributed by atoms with Crippen LogP contribution in [-0.2, 0) is 4.79 Å². The summed E-state index contributed by atoms with van der Waals surface area (Å²) in [7, 11) is 0. The van der Waals surface area contributed by atoms with Crippen LogP contribution in [0.2, 0.25) is 10.0 Å². The maximum atomic E-state index is 12.8. The van der Waals surface area contributed by atoms with E-state index in [4.69, 9.17) is 23.2 Å². The number of benzene rings is 1. The Hall–Kier alpha value is -2.38. The molecule has 3 aromatic rings. The number of hydrogen-bond acceptors (Lipinski definition) is 5. The Bertz CT molecular complexity index is 972. The van der Waals surface area contributed by atoms with Gasteiger partial charge in [-0.05, 0) is 31.5 Å². The molecular weight excluding hydrogens is 363 g/mol. The Morgan fingerprint density at radius 3 is 2.88 bits per heavy atom. The van der Waals surface area contributed by atoms with E-state index in [1.165, 1.54) is 6.33 Å². The number of anilines is 2. The van der Waals surface area contributed by atoms with Gasteiger partial charge in [-0.2, -0.15) is 14.6 Å². The summed E-state index contributed by atoms with van der Waals surface area (Å²) < 4.78 is 1.59. The van der Waals surface area contributed by atoms with Crippen LogP contribution in [0.3, 0.4) is 0 Å². The van der Waals surface area contributed by atoms with Gasteiger partial charge in [0.1, 0.15) is 18.2 Å². The maximum absolute atomic E-state index is 12.8. The maximum Gasteiger partial charge on any atom is 0.254 e. The summed E-state index contributed by atoms with van der Waals surface area (Å²) in [5.74, 6) is 1.16. The third kappa shape index (κ3) is 2.89. The van der Waals surface area contributed by atoms with Gasteiger partial charge in [0.25, 0.3) is 5.78 Å². The zero-order valence-corrected chi connectivity index (χ0v) is 14.8. The standard InChI is InChI=1S/C16H14Cl2N6O/c1-9-6-14(24-16(21-9)19-8-20-24)22-13-4-5-23(15(13)25)10-2-3-11(17)12(18)7-10/h2-3,6-8,13,22H,4-5H2,1H3. The lowest BCUT2D eigenvalue weighted by molar-refractivity contribution is -0.117. The molecule has 1 aliphatic rings. The van der Waals surface area contributed by atoms with E-state index in [2.05, 4.69) is 20.4 Å². The molecule has 0 spiro atoms. The summed E-state index contributed by atoms with van der Waals surface area (Å²) >= 11 is 12.0. The first-order chi connectivity index (χ1) is 12.0. The van der Waals surface area contributed by atoms with Gasteiger partial charge in [-0.25, -0.2) is 4.98 Å². The molecule has 1 aliphatic heterocycles. The van der Waals surface area contributed by atoms with E-state index >= 15 is 0 Å². The van der Waals surface area contributed by atoms with Gasteiger partial charge in [-0.1, -0.05) is 23.2 Å². The monoisotopic (exact) mass is 376 g/mol. The molecule has 1 N–H and O–H groups in total. The Balaban J connectivity index is 1.59. The van der Waals surface area contributed by atoms with E-state index in [1.54, 1.807) is 27.6 Å². The van der Waals surface area contributed by atoms with Crippen molar-refractivity contribution in [3.63, 3.8) is 0 Å². The number of carbonyl (C=O) groups excluding carboxylic acids is 1. The van der Waals surface area contributed by atoms with Crippen LogP contribution in [0.1, 0.15) is 12.1 Å². The minimum Gasteiger partial charge on any atom is -0.358 e. The van der Waals surface area contributed by atoms with Crippen LogP contribution in [0.15, 0.2) is 30.6 Å². The molecule has 0 bridgehead atoms. The molecule has 0 radical (unpaired) electrons. The predicted octanol–water partition coefficient (Wildman–Crippen LogP) is 2.96. The van der Waals surface area contributed by atoms with E-state index in [1.807, 2.05) is 13.0 Å². The molecule has 9 heteroatoms. The number of fused-ring (bicyclic) bond motifs is 1. The van der Waals surface area contributed by atoms with Gasteiger partial charge in [0.15, 0.2) is 0 Å². The van der Waals surface area contributed by atoms with Crippen LogP contribution >= 0.6 is 23.2 Å². The van der Waals surface area contributed by atoms with E-state index in [-0.39, 0.29) is 11.9 Å². The number of nitrogens with zero attached hydrogens (tertiary/aromatic N) is 5. The third-order valence-electron chi connectivity index (χ3n) is 4.12. The number of halogens is 2. The van der Waals surface area contributed by atoms with Crippen molar-refractivity contribution in [3.05, 3.63) is 46.3 Å². The minimum atomic E-state index is -0.358. The van der Waals surface area contributed by atoms with Gasteiger partial charge in [0.2, 0.25) is 5.91 Å². The first kappa shape index (κ1) is 16.1. The zero-order chi connectivity index (χ0) is 17.6. The van der Waals surface area contributed by atoms with Gasteiger partial charge < -0.3 is 10.2 Å². The van der Waals surface area contributed by atoms with Gasteiger partial charge >= 0.3 is 0 Å². The highest BCUT2D eigenvalue weighted by atomic mass is 35.5. The van der Waals surface area contributed by atoms with E-state index in [0.29, 0.717) is 34.6 Å². The number of amides is 1. The van der Waals surface area contributed by atoms with Crippen molar-refractivity contribution in [1.82, 2.24) is 19.6 Å². The van der Waals surface area contributed by atoms with E-state index < -0.39 is 0 Å². The second kappa shape index (κ2) is 6.16. The highest BCUT2D eigenvalue weighted by Crippen LogP contribution is 2.30. The van der Waals surface area contributed by atoms with Crippen molar-refractivity contribution in [1.29, 1.82) is 0 Å². The summed E-state index contributed by atoms with van der Waals surface area (Å²) in [6.07, 6.45) is 2.10. The predicted molar refractivity (Wildman–Crippen MR) is 96.4 cm³/mol. The van der Waals surface area contributed by atoms with Crippen molar-refractivity contribution in [2.45, 2.75) is 19.4 Å². The van der Waals surface area contributed by atoms with Gasteiger partial charge in [-0.15, -0.1) is 0 Å². The van der Waals surface area contributed by atoms with Crippen LogP contribution in [0.5, 0.6) is 0 Å². The fourth-order valence-corrected chi connectivity index (χ4v) is 3.23. The van der Waals surface area contributed by atoms with Gasteiger partial charge in [0, 0.05) is 24.0 Å². The molecule has 1 aromatic carbocycles. The van der Waals surface area contributed by atoms with Crippen molar-refractivity contribution in [3.8, 4) is 0 Å². The normalized spacial score (nSPS) is 17.5. The number of nitrogens with one attached hydrogen (secondary N) is 1. The molecule has 0 aliphatic carbocycles. The first-order valence-electron chi connectivity index (χ1n) is 7.73. The summed E-state index contributed by atoms with van der Waals surface area (Å²) in [4.78, 5) is 22.9. The molecule has 2 aromatic heterocycles. The molecule has 1 amide bonds. The molecule has 25 heavy (non-hydrogen) atoms. The second-order valence-electron chi connectivity index (χ2n) is 5.83. The quantitative estimate of drug-likeness (QED) is 0.760. The SMILES string of the molecule is Cc1cc(NC2CCN(c3ccc(Cl)c(Cl)c3)C2=O)n2ncnc2n1. The lowest BCUT2D eigenvalue weighted by atomic mass is 10.2. The largest absolute Gasteiger partial charge is 0.358 e. The molecule has 1 unspecified atom stereocenters. The molecule has 4 rings (SSSR count). The molecule has 3 heterocycles. The average molecular weight is 377 g/mol. The molecule has 0 saturated carbocycles. The van der Waals surface area contributed by atoms with E-state index in [9.17, 15) is 4.79 Å². The van der Waals surface area contributed by atoms with E-state index in [0.717, 1.165) is 11.4 Å². The lowest BCUT2D eigenvalue weighted by Gasteiger charge is -2.18. The Morgan fingerprint density at radius 1 is 1.24 bits per heavy atom. The molecule has 1 saturated heterocycles. The average Bonchev–Trinajstić information content (AvgIpc) is 3.18. The van der Waals surface area contributed by atoms with Crippen molar-refractivity contribution < 1.29 is 4.79 Å². The smallest absolute Gasteiger partial charge is 0.254 e. The number of carbonyl (C=O) groups is 1. The molecule has 128 valence electrons. The van der Waals surface area contributed by atoms with Crippen LogP contribution in [0.25, 0.3) is 5.78 Å². The van der Waals surface area contributed by atoms with Gasteiger partial charge in [-0.3, -0.25) is 4.79 Å². The van der Waals surface area contributed by atoms with Crippen LogP contribution in [0, 0.1) is 6.92 Å². The van der Waals surface area contributed by atoms with Gasteiger partial charge in [0.05, 0.1) is 10.0 Å². The number of hydrogen-bond donors (Lipinski definition) is 1. The Kier molecular flexibility index (Phi) is 3.97. The first-order valence-corrected chi connectivity index (χ1v) is 8.49. The summed E-state index contributed by atoms with van der Waals surface area (Å²) in [6.45, 7) is 2.47. The number of aromatic nitrogens is 4. The molecule has 7 nitrogen and oxygen atoms in total. The highest BCUT2D eigenvalue weighted by Gasteiger charge is 2.33. The van der Waals surface area contributed by atoms with Crippen molar-refractivity contribution >= 4 is 46.4 Å². The summed E-state index contributed by atoms with van der Waals surface area (Å²) in [5.41, 5.74) is 1.54. The highest BCUT2D eigenvalue weighted by molar-refractivity contribution is 6.42. The minimum absolute atomic E-state index is 0.0267. The fraction of sp³-hybridized carbons (Fsp3) is 0.250. The molecular formula is C16H14Cl2N6O. The number of rotatable bonds is 3. The van der Waals surface area contributed by atoms with Crippen LogP contribution in [-0.4, -0.2) is 38.1 Å². The Morgan fingerprint density at radius 2 is 2.08 bits per heavy atom.